The van der Waals surface area contributed by atoms with Crippen molar-refractivity contribution in [3.05, 3.63) is 0 Å². The van der Waals surface area contributed by atoms with E-state index < -0.39 is 6.16 Å². The average Bonchev–Trinajstić information content (AvgIpc) is 1.75. The quantitative estimate of drug-likeness (QED) is 0.153. The van der Waals surface area contributed by atoms with E-state index in [2.05, 4.69) is 23.4 Å². The van der Waals surface area contributed by atoms with Crippen LogP contribution in [-0.2, 0) is 0 Å². The van der Waals surface area contributed by atoms with Crippen molar-refractivity contribution in [2.45, 2.75) is 0 Å². The van der Waals surface area contributed by atoms with Gasteiger partial charge in [-0.3, -0.25) is 23.4 Å². The second-order valence-electron chi connectivity index (χ2n) is 0.283. The lowest BCUT2D eigenvalue weighted by Gasteiger charge is -1.60. The Morgan fingerprint density at radius 2 is 0.900 bits per heavy atom. The third kappa shape index (κ3) is 272. The summed E-state index contributed by atoms with van der Waals surface area (Å²) in [4.78, 5) is 8.56. The van der Waals surface area contributed by atoms with Crippen LogP contribution in [0.15, 0.2) is 0 Å². The molecule has 10 heavy (non-hydrogen) atoms. The molecule has 0 heterocycles. The maximum Gasteiger partial charge on any atom is 0.503 e. The summed E-state index contributed by atoms with van der Waals surface area (Å²) < 4.78 is 0. The maximum atomic E-state index is 8.56. The molecule has 0 rings (SSSR count). The van der Waals surface area contributed by atoms with Gasteiger partial charge in [-0.05, 0) is 0 Å². The minimum Gasteiger partial charge on any atom is -0.450 e. The summed E-state index contributed by atoms with van der Waals surface area (Å²) >= 11 is 0. The Morgan fingerprint density at radius 1 is 0.900 bits per heavy atom. The smallest absolute Gasteiger partial charge is 0.450 e. The van der Waals surface area contributed by atoms with E-state index in [4.69, 9.17) is 15.0 Å². The highest BCUT2D eigenvalue weighted by Gasteiger charge is 1.70. The molecule has 0 saturated heterocycles. The van der Waals surface area contributed by atoms with Crippen LogP contribution in [0.2, 0.25) is 0 Å². The molecule has 0 fully saturated rings. The molecule has 0 aromatic rings. The molecule has 0 aliphatic heterocycles. The molecular formula is CH14N4O5. The highest BCUT2D eigenvalue weighted by Crippen LogP contribution is 1.42. The van der Waals surface area contributed by atoms with Crippen LogP contribution in [0.5, 0.6) is 0 Å². The van der Waals surface area contributed by atoms with Crippen molar-refractivity contribution in [2.24, 2.45) is 23.4 Å². The van der Waals surface area contributed by atoms with Crippen LogP contribution < -0.4 is 23.4 Å². The summed E-state index contributed by atoms with van der Waals surface area (Å²) in [5.41, 5.74) is 0. The van der Waals surface area contributed by atoms with E-state index in [1.165, 1.54) is 0 Å². The Kier molecular flexibility index (Phi) is 345. The van der Waals surface area contributed by atoms with Gasteiger partial charge in [0.05, 0.1) is 0 Å². The van der Waals surface area contributed by atoms with Gasteiger partial charge in [-0.1, -0.05) is 0 Å². The largest absolute Gasteiger partial charge is 0.503 e. The Hall–Kier alpha value is -0.970. The van der Waals surface area contributed by atoms with Gasteiger partial charge < -0.3 is 21.2 Å². The van der Waals surface area contributed by atoms with Crippen molar-refractivity contribution < 1.29 is 26.0 Å². The van der Waals surface area contributed by atoms with Gasteiger partial charge in [-0.2, -0.15) is 0 Å². The summed E-state index contributed by atoms with van der Waals surface area (Å²) in [5, 5.41) is 13.9. The van der Waals surface area contributed by atoms with Crippen molar-refractivity contribution in [3.8, 4) is 0 Å². The van der Waals surface area contributed by atoms with E-state index in [1.54, 1.807) is 0 Å². The fraction of sp³-hybridized carbons (Fsp3) is 0. The predicted molar refractivity (Wildman–Crippen MR) is 34.6 cm³/mol. The molecule has 0 aliphatic rings. The van der Waals surface area contributed by atoms with Gasteiger partial charge >= 0.3 is 6.16 Å². The predicted octanol–water partition coefficient (Wildman–Crippen LogP) is -3.79. The second-order valence-corrected chi connectivity index (χ2v) is 0.283. The first kappa shape index (κ1) is 35.9. The van der Waals surface area contributed by atoms with Crippen LogP contribution in [0, 0.1) is 0 Å². The van der Waals surface area contributed by atoms with Crippen molar-refractivity contribution in [1.82, 2.24) is 0 Å². The molecule has 0 unspecified atom stereocenters. The Morgan fingerprint density at radius 3 is 0.900 bits per heavy atom. The molecule has 68 valence electrons. The van der Waals surface area contributed by atoms with E-state index >= 15 is 0 Å². The zero-order valence-electron chi connectivity index (χ0n) is 5.11. The first-order valence-electron chi connectivity index (χ1n) is 1.32. The number of hydrogen-bond donors (Lipinski definition) is 6. The molecule has 0 aromatic heterocycles. The minimum atomic E-state index is -1.83. The molecule has 9 heteroatoms. The molecule has 0 aromatic carbocycles. The number of hydrazine groups is 2. The topological polar surface area (TPSA) is 225 Å². The van der Waals surface area contributed by atoms with Gasteiger partial charge in [0, 0.05) is 0 Å². The first-order chi connectivity index (χ1) is 3.73. The van der Waals surface area contributed by atoms with Gasteiger partial charge in [-0.25, -0.2) is 4.79 Å². The number of rotatable bonds is 0. The third-order valence-electron chi connectivity index (χ3n) is 0. The zero-order valence-corrected chi connectivity index (χ0v) is 5.11. The fourth-order valence-electron chi connectivity index (χ4n) is 0. The molecule has 14 N–H and O–H groups in total. The molecule has 0 bridgehead atoms. The zero-order chi connectivity index (χ0) is 7.58. The van der Waals surface area contributed by atoms with Crippen LogP contribution in [0.1, 0.15) is 0 Å². The summed E-state index contributed by atoms with van der Waals surface area (Å²) in [6, 6.07) is 0. The molecule has 0 amide bonds. The van der Waals surface area contributed by atoms with E-state index in [9.17, 15) is 0 Å². The van der Waals surface area contributed by atoms with Crippen molar-refractivity contribution in [2.75, 3.05) is 0 Å². The van der Waals surface area contributed by atoms with Gasteiger partial charge in [0.2, 0.25) is 0 Å². The van der Waals surface area contributed by atoms with E-state index in [0.717, 1.165) is 0 Å². The summed E-state index contributed by atoms with van der Waals surface area (Å²) in [6.07, 6.45) is -1.83. The lowest BCUT2D eigenvalue weighted by molar-refractivity contribution is 0.137. The van der Waals surface area contributed by atoms with Crippen LogP contribution in [0.4, 0.5) is 4.79 Å². The summed E-state index contributed by atoms with van der Waals surface area (Å²) in [6.45, 7) is 0. The molecule has 0 radical (unpaired) electrons. The molecule has 0 spiro atoms. The van der Waals surface area contributed by atoms with Gasteiger partial charge in [0.1, 0.15) is 0 Å². The number of hydrogen-bond acceptors (Lipinski definition) is 5. The Bertz CT molecular complexity index is 36.6. The fourth-order valence-corrected chi connectivity index (χ4v) is 0. The standard InChI is InChI=1S/CH2O3.2H4N2.2H2O/c2-1(3)4;2*1-2;;/h(H2,2,3,4);2*1-2H2;2*1H2. The van der Waals surface area contributed by atoms with Gasteiger partial charge in [0.25, 0.3) is 0 Å². The number of carbonyl (C=O) groups is 1. The van der Waals surface area contributed by atoms with E-state index in [-0.39, 0.29) is 11.0 Å². The SMILES string of the molecule is NN.NN.O.O.O=C(O)O. The summed E-state index contributed by atoms with van der Waals surface area (Å²) in [5.74, 6) is 16.0. The van der Waals surface area contributed by atoms with Crippen LogP contribution >= 0.6 is 0 Å². The summed E-state index contributed by atoms with van der Waals surface area (Å²) in [7, 11) is 0. The van der Waals surface area contributed by atoms with E-state index in [0.29, 0.717) is 0 Å². The van der Waals surface area contributed by atoms with Crippen molar-refractivity contribution in [1.29, 1.82) is 0 Å². The lowest BCUT2D eigenvalue weighted by atomic mass is 11.5. The molecule has 0 saturated carbocycles. The lowest BCUT2D eigenvalue weighted by Crippen LogP contribution is -2.02. The molecule has 0 atom stereocenters. The minimum absolute atomic E-state index is 0. The van der Waals surface area contributed by atoms with Gasteiger partial charge in [-0.15, -0.1) is 0 Å². The average molecular weight is 162 g/mol. The van der Waals surface area contributed by atoms with Gasteiger partial charge in [0.15, 0.2) is 0 Å². The van der Waals surface area contributed by atoms with Crippen molar-refractivity contribution >= 4 is 6.16 Å². The highest BCUT2D eigenvalue weighted by molar-refractivity contribution is 5.53. The highest BCUT2D eigenvalue weighted by atomic mass is 16.6. The van der Waals surface area contributed by atoms with Crippen LogP contribution in [-0.4, -0.2) is 27.3 Å². The first-order valence-corrected chi connectivity index (χ1v) is 1.32. The Labute approximate surface area is 56.8 Å². The normalized spacial score (nSPS) is 3.60. The number of nitrogens with two attached hydrogens (primary N) is 4. The monoisotopic (exact) mass is 162 g/mol. The number of carboxylic acid groups (broad SMARTS) is 2. The molecule has 9 nitrogen and oxygen atoms in total. The molecule has 0 aliphatic carbocycles. The van der Waals surface area contributed by atoms with Crippen LogP contribution in [0.25, 0.3) is 0 Å². The van der Waals surface area contributed by atoms with E-state index in [1.807, 2.05) is 0 Å². The Balaban J connectivity index is -0.0000000125. The maximum absolute atomic E-state index is 8.56. The third-order valence-corrected chi connectivity index (χ3v) is 0. The second kappa shape index (κ2) is 96.3. The molecular weight excluding hydrogens is 148 g/mol. The van der Waals surface area contributed by atoms with Crippen LogP contribution in [0.3, 0.4) is 0 Å². The van der Waals surface area contributed by atoms with Crippen molar-refractivity contribution in [3.63, 3.8) is 0 Å².